The molecule has 18 heavy (non-hydrogen) atoms. The first-order valence-corrected chi connectivity index (χ1v) is 6.66. The van der Waals surface area contributed by atoms with Gasteiger partial charge in [0.05, 0.1) is 13.0 Å². The monoisotopic (exact) mass is 273 g/mol. The molecule has 1 heterocycles. The minimum atomic E-state index is -0.422. The molecule has 1 rings (SSSR count). The lowest BCUT2D eigenvalue weighted by molar-refractivity contribution is -0.151. The Balaban J connectivity index is 2.74. The second-order valence-corrected chi connectivity index (χ2v) is 4.92. The molecule has 1 amide bonds. The summed E-state index contributed by atoms with van der Waals surface area (Å²) in [4.78, 5) is 25.5. The highest BCUT2D eigenvalue weighted by Crippen LogP contribution is 2.21. The summed E-state index contributed by atoms with van der Waals surface area (Å²) in [5, 5.41) is 0. The van der Waals surface area contributed by atoms with Gasteiger partial charge in [0.2, 0.25) is 5.91 Å². The van der Waals surface area contributed by atoms with Gasteiger partial charge in [-0.1, -0.05) is 18.6 Å². The Hall–Kier alpha value is -1.03. The molecule has 0 N–H and O–H groups in total. The molecule has 0 spiro atoms. The van der Waals surface area contributed by atoms with Crippen molar-refractivity contribution < 1.29 is 14.3 Å². The van der Waals surface area contributed by atoms with E-state index in [9.17, 15) is 9.59 Å². The number of alkyl halides is 1. The zero-order valence-corrected chi connectivity index (χ0v) is 11.9. The van der Waals surface area contributed by atoms with E-state index in [0.29, 0.717) is 18.8 Å². The summed E-state index contributed by atoms with van der Waals surface area (Å²) in [7, 11) is 1.35. The molecule has 0 saturated carbocycles. The van der Waals surface area contributed by atoms with Crippen LogP contribution >= 0.6 is 11.6 Å². The van der Waals surface area contributed by atoms with Crippen molar-refractivity contribution in [3.05, 3.63) is 11.6 Å². The molecule has 0 radical (unpaired) electrons. The third kappa shape index (κ3) is 3.48. The van der Waals surface area contributed by atoms with Crippen molar-refractivity contribution in [3.63, 3.8) is 0 Å². The maximum Gasteiger partial charge on any atom is 0.328 e. The molecule has 0 aromatic rings. The van der Waals surface area contributed by atoms with Crippen LogP contribution in [-0.4, -0.2) is 42.4 Å². The van der Waals surface area contributed by atoms with Gasteiger partial charge in [-0.15, -0.1) is 11.6 Å². The van der Waals surface area contributed by atoms with E-state index < -0.39 is 6.04 Å². The lowest BCUT2D eigenvalue weighted by atomic mass is 10.1. The highest BCUT2D eigenvalue weighted by atomic mass is 35.5. The standard InChI is InChI=1S/C13H20ClNO3/c1-9(8-14)7-10(2)12(16)15-6-4-5-11(15)13(17)18-3/h7,10-11H,4-6,8H2,1-3H3/b9-7+/t10-,11-/m0/s1. The molecule has 1 fully saturated rings. The number of rotatable bonds is 4. The van der Waals surface area contributed by atoms with Gasteiger partial charge in [-0.05, 0) is 19.8 Å². The van der Waals surface area contributed by atoms with Crippen molar-refractivity contribution in [3.8, 4) is 0 Å². The summed E-state index contributed by atoms with van der Waals surface area (Å²) in [5.41, 5.74) is 0.964. The number of carbonyl (C=O) groups excluding carboxylic acids is 2. The van der Waals surface area contributed by atoms with Crippen LogP contribution in [0.3, 0.4) is 0 Å². The van der Waals surface area contributed by atoms with E-state index in [1.54, 1.807) is 4.90 Å². The maximum atomic E-state index is 12.3. The first-order valence-electron chi connectivity index (χ1n) is 6.12. The summed E-state index contributed by atoms with van der Waals surface area (Å²) < 4.78 is 4.73. The number of allylic oxidation sites excluding steroid dienone is 1. The maximum absolute atomic E-state index is 12.3. The molecule has 1 aliphatic heterocycles. The number of carbonyl (C=O) groups is 2. The van der Waals surface area contributed by atoms with Gasteiger partial charge in [-0.25, -0.2) is 4.79 Å². The van der Waals surface area contributed by atoms with E-state index in [1.165, 1.54) is 7.11 Å². The Kier molecular flexibility index (Phi) is 5.66. The van der Waals surface area contributed by atoms with E-state index in [1.807, 2.05) is 19.9 Å². The molecule has 1 aliphatic rings. The normalized spacial score (nSPS) is 21.9. The molecule has 5 heteroatoms. The van der Waals surface area contributed by atoms with Crippen LogP contribution in [0.4, 0.5) is 0 Å². The van der Waals surface area contributed by atoms with E-state index in [-0.39, 0.29) is 17.8 Å². The molecule has 0 bridgehead atoms. The first-order chi connectivity index (χ1) is 8.51. The zero-order valence-electron chi connectivity index (χ0n) is 11.1. The fourth-order valence-electron chi connectivity index (χ4n) is 2.22. The van der Waals surface area contributed by atoms with Crippen molar-refractivity contribution in [1.82, 2.24) is 4.90 Å². The van der Waals surface area contributed by atoms with Gasteiger partial charge < -0.3 is 9.64 Å². The van der Waals surface area contributed by atoms with E-state index in [2.05, 4.69) is 0 Å². The highest BCUT2D eigenvalue weighted by molar-refractivity contribution is 6.19. The number of nitrogens with zero attached hydrogens (tertiary/aromatic N) is 1. The van der Waals surface area contributed by atoms with Gasteiger partial charge in [0.25, 0.3) is 0 Å². The van der Waals surface area contributed by atoms with Crippen molar-refractivity contribution in [1.29, 1.82) is 0 Å². The second kappa shape index (κ2) is 6.78. The predicted octanol–water partition coefficient (Wildman–Crippen LogP) is 1.97. The average molecular weight is 274 g/mol. The molecule has 0 unspecified atom stereocenters. The Morgan fingerprint density at radius 1 is 1.56 bits per heavy atom. The fraction of sp³-hybridized carbons (Fsp3) is 0.692. The molecule has 2 atom stereocenters. The Morgan fingerprint density at radius 2 is 2.22 bits per heavy atom. The molecule has 102 valence electrons. The van der Waals surface area contributed by atoms with E-state index in [0.717, 1.165) is 12.0 Å². The van der Waals surface area contributed by atoms with E-state index >= 15 is 0 Å². The van der Waals surface area contributed by atoms with Crippen LogP contribution in [0.25, 0.3) is 0 Å². The number of ether oxygens (including phenoxy) is 1. The van der Waals surface area contributed by atoms with Crippen LogP contribution in [0, 0.1) is 5.92 Å². The quantitative estimate of drug-likeness (QED) is 0.447. The van der Waals surface area contributed by atoms with Crippen LogP contribution < -0.4 is 0 Å². The Labute approximate surface area is 113 Å². The second-order valence-electron chi connectivity index (χ2n) is 4.65. The predicted molar refractivity (Wildman–Crippen MR) is 70.4 cm³/mol. The molecule has 0 aromatic heterocycles. The minimum Gasteiger partial charge on any atom is -0.467 e. The van der Waals surface area contributed by atoms with Gasteiger partial charge in [0, 0.05) is 12.4 Å². The lowest BCUT2D eigenvalue weighted by Gasteiger charge is -2.24. The summed E-state index contributed by atoms with van der Waals surface area (Å²) in [6.45, 7) is 4.33. The van der Waals surface area contributed by atoms with Crippen LogP contribution in [0.15, 0.2) is 11.6 Å². The number of esters is 1. The largest absolute Gasteiger partial charge is 0.467 e. The van der Waals surface area contributed by atoms with Crippen molar-refractivity contribution >= 4 is 23.5 Å². The number of methoxy groups -OCH3 is 1. The summed E-state index contributed by atoms with van der Waals surface area (Å²) >= 11 is 5.69. The van der Waals surface area contributed by atoms with Crippen molar-refractivity contribution in [2.24, 2.45) is 5.92 Å². The SMILES string of the molecule is COC(=O)[C@@H]1CCCN1C(=O)[C@@H](C)/C=C(\C)CCl. The van der Waals surface area contributed by atoms with Crippen LogP contribution in [0.1, 0.15) is 26.7 Å². The summed E-state index contributed by atoms with van der Waals surface area (Å²) in [5.74, 6) is -0.203. The number of hydrogen-bond acceptors (Lipinski definition) is 3. The Morgan fingerprint density at radius 3 is 2.78 bits per heavy atom. The minimum absolute atomic E-state index is 0.0348. The molecule has 4 nitrogen and oxygen atoms in total. The van der Waals surface area contributed by atoms with Crippen LogP contribution in [0.2, 0.25) is 0 Å². The molecule has 1 saturated heterocycles. The molecule has 0 aliphatic carbocycles. The smallest absolute Gasteiger partial charge is 0.328 e. The first kappa shape index (κ1) is 15.0. The fourth-order valence-corrected chi connectivity index (χ4v) is 2.30. The van der Waals surface area contributed by atoms with Crippen LogP contribution in [0.5, 0.6) is 0 Å². The van der Waals surface area contributed by atoms with Crippen molar-refractivity contribution in [2.75, 3.05) is 19.5 Å². The number of amides is 1. The highest BCUT2D eigenvalue weighted by Gasteiger charge is 2.35. The summed E-state index contributed by atoms with van der Waals surface area (Å²) in [6.07, 6.45) is 3.38. The number of hydrogen-bond donors (Lipinski definition) is 0. The molecular formula is C13H20ClNO3. The zero-order chi connectivity index (χ0) is 13.7. The lowest BCUT2D eigenvalue weighted by Crippen LogP contribution is -2.43. The van der Waals surface area contributed by atoms with Gasteiger partial charge in [0.15, 0.2) is 0 Å². The van der Waals surface area contributed by atoms with Gasteiger partial charge in [-0.3, -0.25) is 4.79 Å². The van der Waals surface area contributed by atoms with Gasteiger partial charge in [0.1, 0.15) is 6.04 Å². The average Bonchev–Trinajstić information content (AvgIpc) is 2.85. The summed E-state index contributed by atoms with van der Waals surface area (Å²) in [6, 6.07) is -0.422. The van der Waals surface area contributed by atoms with Crippen LogP contribution in [-0.2, 0) is 14.3 Å². The van der Waals surface area contributed by atoms with Gasteiger partial charge in [-0.2, -0.15) is 0 Å². The Bertz CT molecular complexity index is 354. The number of likely N-dealkylation sites (tertiary alicyclic amines) is 1. The molecular weight excluding hydrogens is 254 g/mol. The third-order valence-electron chi connectivity index (χ3n) is 3.14. The van der Waals surface area contributed by atoms with E-state index in [4.69, 9.17) is 16.3 Å². The number of halogens is 1. The third-order valence-corrected chi connectivity index (χ3v) is 3.57. The van der Waals surface area contributed by atoms with Gasteiger partial charge >= 0.3 is 5.97 Å². The van der Waals surface area contributed by atoms with Crippen molar-refractivity contribution in [2.45, 2.75) is 32.7 Å². The topological polar surface area (TPSA) is 46.6 Å². The molecule has 0 aromatic carbocycles.